The largest absolute Gasteiger partial charge is 0.464 e. The van der Waals surface area contributed by atoms with E-state index in [1.807, 2.05) is 0 Å². The normalized spacial score (nSPS) is 10.7. The van der Waals surface area contributed by atoms with Gasteiger partial charge < -0.3 is 10.1 Å². The molecule has 1 aromatic heterocycles. The van der Waals surface area contributed by atoms with Crippen molar-refractivity contribution in [2.24, 2.45) is 0 Å². The van der Waals surface area contributed by atoms with Crippen LogP contribution < -0.4 is 5.32 Å². The molecule has 0 aliphatic carbocycles. The van der Waals surface area contributed by atoms with Crippen LogP contribution in [0, 0.1) is 20.2 Å². The second-order valence-corrected chi connectivity index (χ2v) is 6.72. The highest BCUT2D eigenvalue weighted by Gasteiger charge is 2.26. The Balaban J connectivity index is 1.95. The molecule has 0 aliphatic rings. The predicted octanol–water partition coefficient (Wildman–Crippen LogP) is 3.17. The third kappa shape index (κ3) is 4.57. The Bertz CT molecular complexity index is 1080. The van der Waals surface area contributed by atoms with Crippen molar-refractivity contribution in [2.45, 2.75) is 16.7 Å². The van der Waals surface area contributed by atoms with Crippen LogP contribution in [0.2, 0.25) is 0 Å². The van der Waals surface area contributed by atoms with Gasteiger partial charge in [-0.05, 0) is 28.5 Å². The molecule has 0 spiro atoms. The van der Waals surface area contributed by atoms with E-state index in [0.717, 1.165) is 0 Å². The van der Waals surface area contributed by atoms with Crippen molar-refractivity contribution in [2.75, 3.05) is 18.5 Å². The quantitative estimate of drug-likeness (QED) is 0.247. The highest BCUT2D eigenvalue weighted by atomic mass is 32.2. The van der Waals surface area contributed by atoms with Crippen molar-refractivity contribution in [3.8, 4) is 0 Å². The van der Waals surface area contributed by atoms with Gasteiger partial charge in [-0.3, -0.25) is 25.0 Å². The third-order valence-electron chi connectivity index (χ3n) is 3.66. The van der Waals surface area contributed by atoms with Crippen LogP contribution in [0.4, 0.5) is 17.1 Å². The van der Waals surface area contributed by atoms with E-state index in [2.05, 4.69) is 15.6 Å². The molecular formula is C16H13N5O7S. The molecular weight excluding hydrogens is 406 g/mol. The summed E-state index contributed by atoms with van der Waals surface area (Å²) in [6.45, 7) is 1.42. The second kappa shape index (κ2) is 8.52. The Kier molecular flexibility index (Phi) is 5.87. The van der Waals surface area contributed by atoms with E-state index in [1.54, 1.807) is 12.1 Å². The molecule has 3 aromatic rings. The van der Waals surface area contributed by atoms with Gasteiger partial charge in [-0.1, -0.05) is 11.8 Å². The molecule has 0 amide bonds. The first-order valence-corrected chi connectivity index (χ1v) is 8.91. The maximum absolute atomic E-state index is 11.5. The van der Waals surface area contributed by atoms with Crippen molar-refractivity contribution in [3.05, 3.63) is 50.6 Å². The summed E-state index contributed by atoms with van der Waals surface area (Å²) in [5.74, 6) is -0.466. The van der Waals surface area contributed by atoms with Crippen LogP contribution in [0.3, 0.4) is 0 Å². The molecule has 12 nitrogen and oxygen atoms in total. The Morgan fingerprint density at radius 1 is 1.17 bits per heavy atom. The zero-order valence-corrected chi connectivity index (χ0v) is 15.7. The maximum Gasteiger partial charge on any atom is 0.323 e. The van der Waals surface area contributed by atoms with Crippen LogP contribution >= 0.6 is 11.8 Å². The molecule has 0 aliphatic heterocycles. The molecule has 0 fully saturated rings. The molecule has 2 aromatic carbocycles. The summed E-state index contributed by atoms with van der Waals surface area (Å²) in [5.41, 5.74) is -0.0894. The number of hydrogen-bond acceptors (Lipinski definition) is 11. The highest BCUT2D eigenvalue weighted by molar-refractivity contribution is 7.99. The number of non-ortho nitro benzene ring substituents is 1. The van der Waals surface area contributed by atoms with Crippen molar-refractivity contribution in [1.29, 1.82) is 0 Å². The number of anilines is 1. The Labute approximate surface area is 166 Å². The standard InChI is InChI=1S/C16H13N5O7S/c1-9(22)27-7-6-17-12-8-13(14-15(19-28-18-14)16(12)21(25)26)29-11-4-2-10(3-5-11)20(23)24/h2-5,8,17H,6-7H2,1H3. The van der Waals surface area contributed by atoms with Gasteiger partial charge in [0.2, 0.25) is 5.52 Å². The number of nitrogens with zero attached hydrogens (tertiary/aromatic N) is 4. The number of carbonyl (C=O) groups is 1. The van der Waals surface area contributed by atoms with Crippen LogP contribution in [-0.2, 0) is 9.53 Å². The van der Waals surface area contributed by atoms with E-state index in [-0.39, 0.29) is 41.2 Å². The summed E-state index contributed by atoms with van der Waals surface area (Å²) in [5, 5.41) is 32.6. The number of nitro groups is 2. The fraction of sp³-hybridized carbons (Fsp3) is 0.188. The number of fused-ring (bicyclic) bond motifs is 1. The summed E-state index contributed by atoms with van der Waals surface area (Å²) in [6.07, 6.45) is 0. The molecule has 0 unspecified atom stereocenters. The summed E-state index contributed by atoms with van der Waals surface area (Å²) < 4.78 is 9.51. The van der Waals surface area contributed by atoms with Gasteiger partial charge in [-0.2, -0.15) is 0 Å². The first kappa shape index (κ1) is 20.0. The van der Waals surface area contributed by atoms with Crippen LogP contribution in [0.25, 0.3) is 11.0 Å². The molecule has 3 rings (SSSR count). The number of aromatic nitrogens is 2. The number of ether oxygens (including phenoxy) is 1. The molecule has 1 heterocycles. The minimum atomic E-state index is -0.610. The molecule has 29 heavy (non-hydrogen) atoms. The Hall–Kier alpha value is -3.74. The number of esters is 1. The molecule has 0 radical (unpaired) electrons. The predicted molar refractivity (Wildman–Crippen MR) is 101 cm³/mol. The molecule has 0 bridgehead atoms. The zero-order chi connectivity index (χ0) is 21.0. The fourth-order valence-corrected chi connectivity index (χ4v) is 3.38. The summed E-state index contributed by atoms with van der Waals surface area (Å²) in [4.78, 5) is 33.2. The van der Waals surface area contributed by atoms with E-state index in [1.165, 1.54) is 36.9 Å². The van der Waals surface area contributed by atoms with E-state index >= 15 is 0 Å². The van der Waals surface area contributed by atoms with Gasteiger partial charge in [0, 0.05) is 35.4 Å². The van der Waals surface area contributed by atoms with Gasteiger partial charge >= 0.3 is 11.7 Å². The highest BCUT2D eigenvalue weighted by Crippen LogP contribution is 2.40. The summed E-state index contributed by atoms with van der Waals surface area (Å²) in [7, 11) is 0. The van der Waals surface area contributed by atoms with Crippen molar-refractivity contribution >= 4 is 45.8 Å². The average Bonchev–Trinajstić information content (AvgIpc) is 3.15. The van der Waals surface area contributed by atoms with E-state index in [4.69, 9.17) is 9.37 Å². The first-order valence-electron chi connectivity index (χ1n) is 8.10. The number of nitro benzene ring substituents is 2. The van der Waals surface area contributed by atoms with Gasteiger partial charge in [-0.25, -0.2) is 4.63 Å². The lowest BCUT2D eigenvalue weighted by atomic mass is 10.2. The Morgan fingerprint density at radius 2 is 1.86 bits per heavy atom. The first-order chi connectivity index (χ1) is 13.9. The number of rotatable bonds is 8. The SMILES string of the molecule is CC(=O)OCCNc1cc(Sc2ccc([N+](=O)[O-])cc2)c2nonc2c1[N+](=O)[O-]. The number of benzene rings is 2. The molecule has 0 saturated carbocycles. The van der Waals surface area contributed by atoms with Crippen molar-refractivity contribution in [3.63, 3.8) is 0 Å². The van der Waals surface area contributed by atoms with Gasteiger partial charge in [0.15, 0.2) is 5.52 Å². The number of carbonyl (C=O) groups excluding carboxylic acids is 1. The van der Waals surface area contributed by atoms with Crippen LogP contribution in [0.15, 0.2) is 44.8 Å². The minimum absolute atomic E-state index is 0.0203. The third-order valence-corrected chi connectivity index (χ3v) is 4.70. The van der Waals surface area contributed by atoms with Crippen LogP contribution in [0.5, 0.6) is 0 Å². The molecule has 13 heteroatoms. The van der Waals surface area contributed by atoms with Crippen LogP contribution in [0.1, 0.15) is 6.92 Å². The minimum Gasteiger partial charge on any atom is -0.464 e. The monoisotopic (exact) mass is 419 g/mol. The second-order valence-electron chi connectivity index (χ2n) is 5.61. The van der Waals surface area contributed by atoms with E-state index < -0.39 is 15.8 Å². The topological polar surface area (TPSA) is 164 Å². The fourth-order valence-electron chi connectivity index (χ4n) is 2.44. The lowest BCUT2D eigenvalue weighted by molar-refractivity contribution is -0.384. The van der Waals surface area contributed by atoms with Gasteiger partial charge in [0.05, 0.1) is 9.85 Å². The van der Waals surface area contributed by atoms with E-state index in [0.29, 0.717) is 9.79 Å². The number of nitrogens with one attached hydrogen (secondary N) is 1. The average molecular weight is 419 g/mol. The van der Waals surface area contributed by atoms with Crippen molar-refractivity contribution in [1.82, 2.24) is 10.3 Å². The zero-order valence-electron chi connectivity index (χ0n) is 14.9. The molecule has 0 atom stereocenters. The van der Waals surface area contributed by atoms with Crippen molar-refractivity contribution < 1.29 is 24.0 Å². The van der Waals surface area contributed by atoms with Crippen LogP contribution in [-0.4, -0.2) is 39.3 Å². The lowest BCUT2D eigenvalue weighted by Gasteiger charge is -2.09. The molecule has 1 N–H and O–H groups in total. The lowest BCUT2D eigenvalue weighted by Crippen LogP contribution is -2.13. The van der Waals surface area contributed by atoms with Gasteiger partial charge in [-0.15, -0.1) is 0 Å². The maximum atomic E-state index is 11.5. The summed E-state index contributed by atoms with van der Waals surface area (Å²) in [6, 6.07) is 7.31. The smallest absolute Gasteiger partial charge is 0.323 e. The van der Waals surface area contributed by atoms with Gasteiger partial charge in [0.1, 0.15) is 12.3 Å². The van der Waals surface area contributed by atoms with Gasteiger partial charge in [0.25, 0.3) is 5.69 Å². The molecule has 150 valence electrons. The summed E-state index contributed by atoms with van der Waals surface area (Å²) >= 11 is 1.19. The molecule has 0 saturated heterocycles. The number of hydrogen-bond donors (Lipinski definition) is 1. The Morgan fingerprint density at radius 3 is 2.48 bits per heavy atom. The van der Waals surface area contributed by atoms with E-state index in [9.17, 15) is 25.0 Å².